The Kier molecular flexibility index (Phi) is 5.12. The highest BCUT2D eigenvalue weighted by Crippen LogP contribution is 2.12. The van der Waals surface area contributed by atoms with Crippen molar-refractivity contribution in [2.75, 3.05) is 20.3 Å². The maximum absolute atomic E-state index is 11.0. The van der Waals surface area contributed by atoms with Gasteiger partial charge in [-0.25, -0.2) is 4.79 Å². The van der Waals surface area contributed by atoms with E-state index in [1.165, 1.54) is 14.0 Å². The minimum Gasteiger partial charge on any atom is -0.479 e. The Morgan fingerprint density at radius 3 is 2.53 bits per heavy atom. The van der Waals surface area contributed by atoms with Crippen molar-refractivity contribution in [1.82, 2.24) is 0 Å². The number of carboxylic acid groups (broad SMARTS) is 1. The molecule has 1 rings (SSSR count). The van der Waals surface area contributed by atoms with Crippen LogP contribution in [0.3, 0.4) is 0 Å². The third-order valence-corrected chi connectivity index (χ3v) is 2.53. The lowest BCUT2D eigenvalue weighted by Gasteiger charge is -2.24. The summed E-state index contributed by atoms with van der Waals surface area (Å²) in [6.45, 7) is 1.91. The zero-order valence-corrected chi connectivity index (χ0v) is 10.2. The van der Waals surface area contributed by atoms with Crippen LogP contribution in [0.25, 0.3) is 0 Å². The third kappa shape index (κ3) is 4.17. The molecular weight excluding hydrogens is 220 g/mol. The van der Waals surface area contributed by atoms with Gasteiger partial charge in [-0.2, -0.15) is 0 Å². The first-order chi connectivity index (χ1) is 8.08. The number of hydrogen-bond donors (Lipinski definition) is 1. The summed E-state index contributed by atoms with van der Waals surface area (Å²) in [6.07, 6.45) is 0.688. The fourth-order valence-electron chi connectivity index (χ4n) is 1.48. The van der Waals surface area contributed by atoms with E-state index in [0.29, 0.717) is 13.0 Å². The van der Waals surface area contributed by atoms with Crippen LogP contribution >= 0.6 is 0 Å². The highest BCUT2D eigenvalue weighted by molar-refractivity contribution is 5.77. The first kappa shape index (κ1) is 13.7. The predicted molar refractivity (Wildman–Crippen MR) is 64.0 cm³/mol. The van der Waals surface area contributed by atoms with Crippen LogP contribution in [-0.4, -0.2) is 37.0 Å². The Morgan fingerprint density at radius 1 is 1.35 bits per heavy atom. The molecule has 0 aliphatic carbocycles. The summed E-state index contributed by atoms with van der Waals surface area (Å²) in [6, 6.07) is 9.80. The molecular formula is C13H18O4. The quantitative estimate of drug-likeness (QED) is 0.786. The van der Waals surface area contributed by atoms with E-state index in [-0.39, 0.29) is 6.61 Å². The van der Waals surface area contributed by atoms with Gasteiger partial charge in [0.15, 0.2) is 5.60 Å². The van der Waals surface area contributed by atoms with Crippen LogP contribution in [0.15, 0.2) is 30.3 Å². The summed E-state index contributed by atoms with van der Waals surface area (Å²) < 4.78 is 10.3. The molecule has 4 heteroatoms. The molecule has 17 heavy (non-hydrogen) atoms. The monoisotopic (exact) mass is 238 g/mol. The molecule has 0 aliphatic heterocycles. The molecule has 0 aliphatic rings. The summed E-state index contributed by atoms with van der Waals surface area (Å²) >= 11 is 0. The van der Waals surface area contributed by atoms with E-state index in [2.05, 4.69) is 0 Å². The molecule has 0 bridgehead atoms. The number of rotatable bonds is 7. The fraction of sp³-hybridized carbons (Fsp3) is 0.462. The van der Waals surface area contributed by atoms with Crippen molar-refractivity contribution < 1.29 is 19.4 Å². The van der Waals surface area contributed by atoms with Gasteiger partial charge in [0.2, 0.25) is 0 Å². The molecule has 0 saturated carbocycles. The van der Waals surface area contributed by atoms with Crippen LogP contribution in [0.4, 0.5) is 0 Å². The van der Waals surface area contributed by atoms with E-state index < -0.39 is 11.6 Å². The molecule has 0 radical (unpaired) electrons. The highest BCUT2D eigenvalue weighted by atomic mass is 16.6. The zero-order chi connectivity index (χ0) is 12.7. The molecule has 1 aromatic rings. The van der Waals surface area contributed by atoms with Gasteiger partial charge in [-0.15, -0.1) is 0 Å². The second kappa shape index (κ2) is 6.37. The Hall–Kier alpha value is -1.39. The average molecular weight is 238 g/mol. The molecule has 0 heterocycles. The summed E-state index contributed by atoms with van der Waals surface area (Å²) in [4.78, 5) is 11.0. The number of carboxylic acids is 1. The van der Waals surface area contributed by atoms with Crippen LogP contribution in [0.5, 0.6) is 0 Å². The van der Waals surface area contributed by atoms with E-state index in [4.69, 9.17) is 14.6 Å². The molecule has 0 amide bonds. The van der Waals surface area contributed by atoms with Crippen LogP contribution in [0, 0.1) is 0 Å². The lowest BCUT2D eigenvalue weighted by molar-refractivity contribution is -0.170. The van der Waals surface area contributed by atoms with Crippen LogP contribution in [0.2, 0.25) is 0 Å². The molecule has 0 fully saturated rings. The van der Waals surface area contributed by atoms with Gasteiger partial charge < -0.3 is 14.6 Å². The van der Waals surface area contributed by atoms with E-state index in [9.17, 15) is 4.79 Å². The summed E-state index contributed by atoms with van der Waals surface area (Å²) in [7, 11) is 1.46. The van der Waals surface area contributed by atoms with Crippen molar-refractivity contribution in [3.63, 3.8) is 0 Å². The number of benzene rings is 1. The van der Waals surface area contributed by atoms with E-state index in [0.717, 1.165) is 5.56 Å². The second-order valence-electron chi connectivity index (χ2n) is 4.05. The molecule has 1 unspecified atom stereocenters. The van der Waals surface area contributed by atoms with Gasteiger partial charge in [0.1, 0.15) is 0 Å². The first-order valence-corrected chi connectivity index (χ1v) is 5.49. The van der Waals surface area contributed by atoms with Crippen molar-refractivity contribution in [3.8, 4) is 0 Å². The smallest absolute Gasteiger partial charge is 0.338 e. The van der Waals surface area contributed by atoms with Crippen molar-refractivity contribution in [2.45, 2.75) is 18.9 Å². The minimum absolute atomic E-state index is 0.0388. The van der Waals surface area contributed by atoms with E-state index in [1.54, 1.807) is 0 Å². The minimum atomic E-state index is -1.27. The maximum Gasteiger partial charge on any atom is 0.338 e. The van der Waals surface area contributed by atoms with Crippen LogP contribution in [0.1, 0.15) is 12.5 Å². The van der Waals surface area contributed by atoms with Crippen molar-refractivity contribution in [1.29, 1.82) is 0 Å². The molecule has 0 saturated heterocycles. The Balaban J connectivity index is 2.45. The summed E-state index contributed by atoms with van der Waals surface area (Å²) in [5.74, 6) is -1.01. The zero-order valence-electron chi connectivity index (χ0n) is 10.2. The van der Waals surface area contributed by atoms with Gasteiger partial charge in [0.25, 0.3) is 0 Å². The Bertz CT molecular complexity index is 350. The normalized spacial score (nSPS) is 14.2. The third-order valence-electron chi connectivity index (χ3n) is 2.53. The average Bonchev–Trinajstić information content (AvgIpc) is 2.30. The van der Waals surface area contributed by atoms with E-state index >= 15 is 0 Å². The van der Waals surface area contributed by atoms with Crippen molar-refractivity contribution in [3.05, 3.63) is 35.9 Å². The van der Waals surface area contributed by atoms with Gasteiger partial charge in [-0.05, 0) is 18.9 Å². The number of methoxy groups -OCH3 is 1. The lowest BCUT2D eigenvalue weighted by atomic mass is 10.1. The first-order valence-electron chi connectivity index (χ1n) is 5.49. The molecule has 0 aromatic heterocycles. The lowest BCUT2D eigenvalue weighted by Crippen LogP contribution is -2.43. The SMILES string of the molecule is COCC(C)(OCCc1ccccc1)C(=O)O. The van der Waals surface area contributed by atoms with Gasteiger partial charge in [0.05, 0.1) is 13.2 Å². The highest BCUT2D eigenvalue weighted by Gasteiger charge is 2.34. The van der Waals surface area contributed by atoms with E-state index in [1.807, 2.05) is 30.3 Å². The van der Waals surface area contributed by atoms with Crippen molar-refractivity contribution >= 4 is 5.97 Å². The predicted octanol–water partition coefficient (Wildman–Crippen LogP) is 1.74. The van der Waals surface area contributed by atoms with Gasteiger partial charge in [-0.3, -0.25) is 0 Å². The number of hydrogen-bond acceptors (Lipinski definition) is 3. The van der Waals surface area contributed by atoms with Gasteiger partial charge >= 0.3 is 5.97 Å². The number of ether oxygens (including phenoxy) is 2. The maximum atomic E-state index is 11.0. The summed E-state index contributed by atoms with van der Waals surface area (Å²) in [5.41, 5.74) is -0.151. The molecule has 4 nitrogen and oxygen atoms in total. The van der Waals surface area contributed by atoms with Crippen molar-refractivity contribution in [2.24, 2.45) is 0 Å². The number of aliphatic carboxylic acids is 1. The standard InChI is InChI=1S/C13H18O4/c1-13(10-16-2,12(14)15)17-9-8-11-6-4-3-5-7-11/h3-7H,8-10H2,1-2H3,(H,14,15). The fourth-order valence-corrected chi connectivity index (χ4v) is 1.48. The summed E-state index contributed by atoms with van der Waals surface area (Å²) in [5, 5.41) is 9.06. The second-order valence-corrected chi connectivity index (χ2v) is 4.05. The Labute approximate surface area is 101 Å². The largest absolute Gasteiger partial charge is 0.479 e. The van der Waals surface area contributed by atoms with Gasteiger partial charge in [-0.1, -0.05) is 30.3 Å². The molecule has 1 aromatic carbocycles. The molecule has 0 spiro atoms. The topological polar surface area (TPSA) is 55.8 Å². The molecule has 1 N–H and O–H groups in total. The van der Waals surface area contributed by atoms with Gasteiger partial charge in [0, 0.05) is 7.11 Å². The Morgan fingerprint density at radius 2 is 2.00 bits per heavy atom. The van der Waals surface area contributed by atoms with Crippen LogP contribution < -0.4 is 0 Å². The van der Waals surface area contributed by atoms with Crippen LogP contribution in [-0.2, 0) is 20.7 Å². The molecule has 94 valence electrons. The number of carbonyl (C=O) groups is 1. The molecule has 1 atom stereocenters.